The predicted molar refractivity (Wildman–Crippen MR) is 55.2 cm³/mol. The van der Waals surface area contributed by atoms with E-state index in [0.717, 1.165) is 19.3 Å². The zero-order valence-electron chi connectivity index (χ0n) is 8.81. The number of aromatic nitrogens is 2. The molecule has 0 saturated heterocycles. The maximum atomic E-state index is 11.7. The zero-order valence-corrected chi connectivity index (χ0v) is 8.81. The van der Waals surface area contributed by atoms with Gasteiger partial charge in [-0.3, -0.25) is 9.48 Å². The summed E-state index contributed by atoms with van der Waals surface area (Å²) in [5.41, 5.74) is 1.20. The Balaban J connectivity index is 1.60. The topological polar surface area (TPSA) is 46.9 Å². The summed E-state index contributed by atoms with van der Waals surface area (Å²) >= 11 is 0. The minimum Gasteiger partial charge on any atom is -0.353 e. The summed E-state index contributed by atoms with van der Waals surface area (Å²) in [5, 5.41) is 7.19. The molecule has 2 aliphatic rings. The van der Waals surface area contributed by atoms with E-state index >= 15 is 0 Å². The molecule has 1 amide bonds. The lowest BCUT2D eigenvalue weighted by atomic mass is 10.2. The molecule has 1 aromatic heterocycles. The van der Waals surface area contributed by atoms with Crippen molar-refractivity contribution in [2.45, 2.75) is 31.2 Å². The highest BCUT2D eigenvalue weighted by Gasteiger charge is 2.45. The first-order chi connectivity index (χ1) is 7.24. The molecular weight excluding hydrogens is 190 g/mol. The molecule has 2 saturated carbocycles. The van der Waals surface area contributed by atoms with Crippen LogP contribution in [0.2, 0.25) is 0 Å². The van der Waals surface area contributed by atoms with Crippen LogP contribution >= 0.6 is 0 Å². The molecule has 3 rings (SSSR count). The highest BCUT2D eigenvalue weighted by Crippen LogP contribution is 2.47. The Morgan fingerprint density at radius 1 is 1.60 bits per heavy atom. The number of nitrogens with zero attached hydrogens (tertiary/aromatic N) is 2. The lowest BCUT2D eigenvalue weighted by Gasteiger charge is -2.00. The van der Waals surface area contributed by atoms with Crippen LogP contribution < -0.4 is 5.32 Å². The molecule has 1 N–H and O–H groups in total. The molecule has 2 fully saturated rings. The molecule has 2 unspecified atom stereocenters. The summed E-state index contributed by atoms with van der Waals surface area (Å²) in [7, 11) is 1.91. The summed E-state index contributed by atoms with van der Waals surface area (Å²) in [4.78, 5) is 11.7. The number of hydrogen-bond acceptors (Lipinski definition) is 2. The Hall–Kier alpha value is -1.32. The third-order valence-corrected chi connectivity index (χ3v) is 3.20. The molecular formula is C11H15N3O. The largest absolute Gasteiger partial charge is 0.353 e. The van der Waals surface area contributed by atoms with E-state index in [2.05, 4.69) is 10.4 Å². The standard InChI is InChI=1S/C11H15N3O/c1-14-6-7(5-12-14)9-4-10(9)11(15)13-8-2-3-8/h5-6,8-10H,2-4H2,1H3,(H,13,15). The number of aryl methyl sites for hydroxylation is 1. The Morgan fingerprint density at radius 2 is 2.40 bits per heavy atom. The number of nitrogens with one attached hydrogen (secondary N) is 1. The maximum Gasteiger partial charge on any atom is 0.223 e. The van der Waals surface area contributed by atoms with E-state index in [1.807, 2.05) is 19.4 Å². The van der Waals surface area contributed by atoms with E-state index in [9.17, 15) is 4.79 Å². The third kappa shape index (κ3) is 1.76. The smallest absolute Gasteiger partial charge is 0.223 e. The van der Waals surface area contributed by atoms with E-state index in [0.29, 0.717) is 12.0 Å². The van der Waals surface area contributed by atoms with Crippen LogP contribution in [0.15, 0.2) is 12.4 Å². The van der Waals surface area contributed by atoms with E-state index in [-0.39, 0.29) is 11.8 Å². The van der Waals surface area contributed by atoms with Crippen molar-refractivity contribution in [2.24, 2.45) is 13.0 Å². The lowest BCUT2D eigenvalue weighted by molar-refractivity contribution is -0.122. The molecule has 4 heteroatoms. The molecule has 2 atom stereocenters. The summed E-state index contributed by atoms with van der Waals surface area (Å²) in [6, 6.07) is 0.479. The van der Waals surface area contributed by atoms with Gasteiger partial charge in [0.15, 0.2) is 0 Å². The van der Waals surface area contributed by atoms with Gasteiger partial charge in [0.2, 0.25) is 5.91 Å². The summed E-state index contributed by atoms with van der Waals surface area (Å²) < 4.78 is 1.80. The number of rotatable bonds is 3. The van der Waals surface area contributed by atoms with Crippen LogP contribution in [0.1, 0.15) is 30.7 Å². The molecule has 0 radical (unpaired) electrons. The third-order valence-electron chi connectivity index (χ3n) is 3.20. The Bertz CT molecular complexity index is 394. The van der Waals surface area contributed by atoms with Crippen molar-refractivity contribution in [1.82, 2.24) is 15.1 Å². The van der Waals surface area contributed by atoms with Gasteiger partial charge in [0.1, 0.15) is 0 Å². The van der Waals surface area contributed by atoms with Gasteiger partial charge in [-0.15, -0.1) is 0 Å². The SMILES string of the molecule is Cn1cc(C2CC2C(=O)NC2CC2)cn1. The minimum absolute atomic E-state index is 0.204. The van der Waals surface area contributed by atoms with E-state index in [1.54, 1.807) is 4.68 Å². The first-order valence-electron chi connectivity index (χ1n) is 5.53. The highest BCUT2D eigenvalue weighted by atomic mass is 16.2. The quantitative estimate of drug-likeness (QED) is 0.793. The fourth-order valence-electron chi connectivity index (χ4n) is 2.02. The van der Waals surface area contributed by atoms with Crippen LogP contribution in [0.25, 0.3) is 0 Å². The normalized spacial score (nSPS) is 28.9. The summed E-state index contributed by atoms with van der Waals surface area (Å²) in [5.74, 6) is 0.860. The summed E-state index contributed by atoms with van der Waals surface area (Å²) in [6.45, 7) is 0. The molecule has 1 aromatic rings. The van der Waals surface area contributed by atoms with Crippen LogP contribution in [0, 0.1) is 5.92 Å². The molecule has 15 heavy (non-hydrogen) atoms. The first-order valence-corrected chi connectivity index (χ1v) is 5.53. The van der Waals surface area contributed by atoms with E-state index in [4.69, 9.17) is 0 Å². The van der Waals surface area contributed by atoms with Crippen LogP contribution in [-0.2, 0) is 11.8 Å². The molecule has 0 spiro atoms. The van der Waals surface area contributed by atoms with E-state index in [1.165, 1.54) is 5.56 Å². The van der Waals surface area contributed by atoms with Crippen molar-refractivity contribution in [3.05, 3.63) is 18.0 Å². The molecule has 0 aliphatic heterocycles. The molecule has 80 valence electrons. The van der Waals surface area contributed by atoms with Gasteiger partial charge < -0.3 is 5.32 Å². The second-order valence-electron chi connectivity index (χ2n) is 4.68. The van der Waals surface area contributed by atoms with Gasteiger partial charge in [-0.2, -0.15) is 5.10 Å². The average Bonchev–Trinajstić information content (AvgIpc) is 3.08. The van der Waals surface area contributed by atoms with Crippen LogP contribution in [0.4, 0.5) is 0 Å². The molecule has 1 heterocycles. The second kappa shape index (κ2) is 3.08. The Labute approximate surface area is 88.7 Å². The molecule has 2 aliphatic carbocycles. The predicted octanol–water partition coefficient (Wildman–Crippen LogP) is 0.802. The molecule has 0 aromatic carbocycles. The van der Waals surface area contributed by atoms with Crippen LogP contribution in [-0.4, -0.2) is 21.7 Å². The van der Waals surface area contributed by atoms with E-state index < -0.39 is 0 Å². The first kappa shape index (κ1) is 8.95. The van der Waals surface area contributed by atoms with Gasteiger partial charge in [0.25, 0.3) is 0 Å². The van der Waals surface area contributed by atoms with Crippen molar-refractivity contribution in [2.75, 3.05) is 0 Å². The Morgan fingerprint density at radius 3 is 3.00 bits per heavy atom. The number of carbonyl (C=O) groups excluding carboxylic acids is 1. The van der Waals surface area contributed by atoms with Gasteiger partial charge in [-0.25, -0.2) is 0 Å². The van der Waals surface area contributed by atoms with Gasteiger partial charge in [0, 0.05) is 25.2 Å². The molecule has 4 nitrogen and oxygen atoms in total. The maximum absolute atomic E-state index is 11.7. The summed E-state index contributed by atoms with van der Waals surface area (Å²) in [6.07, 6.45) is 7.19. The van der Waals surface area contributed by atoms with Crippen molar-refractivity contribution in [1.29, 1.82) is 0 Å². The van der Waals surface area contributed by atoms with Crippen LogP contribution in [0.3, 0.4) is 0 Å². The lowest BCUT2D eigenvalue weighted by Crippen LogP contribution is -2.27. The molecule has 0 bridgehead atoms. The average molecular weight is 205 g/mol. The van der Waals surface area contributed by atoms with Crippen molar-refractivity contribution in [3.63, 3.8) is 0 Å². The number of carbonyl (C=O) groups is 1. The zero-order chi connectivity index (χ0) is 10.4. The minimum atomic E-state index is 0.204. The number of amides is 1. The second-order valence-corrected chi connectivity index (χ2v) is 4.68. The monoisotopic (exact) mass is 205 g/mol. The van der Waals surface area contributed by atoms with Crippen molar-refractivity contribution in [3.8, 4) is 0 Å². The highest BCUT2D eigenvalue weighted by molar-refractivity contribution is 5.83. The van der Waals surface area contributed by atoms with Gasteiger partial charge in [-0.05, 0) is 30.7 Å². The number of hydrogen-bond donors (Lipinski definition) is 1. The van der Waals surface area contributed by atoms with Crippen molar-refractivity contribution < 1.29 is 4.79 Å². The van der Waals surface area contributed by atoms with Crippen LogP contribution in [0.5, 0.6) is 0 Å². The van der Waals surface area contributed by atoms with Gasteiger partial charge in [-0.1, -0.05) is 0 Å². The fourth-order valence-corrected chi connectivity index (χ4v) is 2.02. The van der Waals surface area contributed by atoms with Gasteiger partial charge >= 0.3 is 0 Å². The Kier molecular flexibility index (Phi) is 1.84. The van der Waals surface area contributed by atoms with Gasteiger partial charge in [0.05, 0.1) is 6.20 Å². The fraction of sp³-hybridized carbons (Fsp3) is 0.636. The van der Waals surface area contributed by atoms with Crippen molar-refractivity contribution >= 4 is 5.91 Å².